The van der Waals surface area contributed by atoms with Crippen molar-refractivity contribution in [1.29, 1.82) is 0 Å². The Hall–Kier alpha value is -0.120. The van der Waals surface area contributed by atoms with Gasteiger partial charge in [0.25, 0.3) is 0 Å². The second kappa shape index (κ2) is 8.13. The van der Waals surface area contributed by atoms with Gasteiger partial charge in [-0.2, -0.15) is 0 Å². The Kier molecular flexibility index (Phi) is 7.20. The Balaban J connectivity index is 2.61. The van der Waals surface area contributed by atoms with Crippen LogP contribution in [0.3, 0.4) is 0 Å². The second-order valence-electron chi connectivity index (χ2n) is 6.18. The third-order valence-electron chi connectivity index (χ3n) is 4.45. The quantitative estimate of drug-likeness (QED) is 0.712. The minimum atomic E-state index is 0.356. The van der Waals surface area contributed by atoms with Gasteiger partial charge in [-0.3, -0.25) is 4.90 Å². The van der Waals surface area contributed by atoms with Crippen LogP contribution in [0.5, 0.6) is 0 Å². The highest BCUT2D eigenvalue weighted by atomic mass is 16.5. The van der Waals surface area contributed by atoms with E-state index in [1.54, 1.807) is 7.11 Å². The van der Waals surface area contributed by atoms with E-state index in [0.717, 1.165) is 26.2 Å². The minimum Gasteiger partial charge on any atom is -0.383 e. The van der Waals surface area contributed by atoms with Crippen LogP contribution < -0.4 is 5.73 Å². The molecule has 0 bridgehead atoms. The highest BCUT2D eigenvalue weighted by Crippen LogP contribution is 2.35. The molecule has 0 heterocycles. The van der Waals surface area contributed by atoms with E-state index in [2.05, 4.69) is 18.7 Å². The summed E-state index contributed by atoms with van der Waals surface area (Å²) in [7, 11) is 1.78. The minimum absolute atomic E-state index is 0.356. The van der Waals surface area contributed by atoms with Crippen LogP contribution in [-0.4, -0.2) is 44.3 Å². The molecule has 0 amide bonds. The summed E-state index contributed by atoms with van der Waals surface area (Å²) in [6.07, 6.45) is 8.10. The van der Waals surface area contributed by atoms with E-state index >= 15 is 0 Å². The maximum atomic E-state index is 6.13. The molecule has 0 aromatic carbocycles. The average molecular weight is 256 g/mol. The third kappa shape index (κ3) is 4.87. The zero-order chi connectivity index (χ0) is 13.4. The van der Waals surface area contributed by atoms with Gasteiger partial charge in [0.1, 0.15) is 0 Å². The number of ether oxygens (including phenoxy) is 1. The molecule has 108 valence electrons. The van der Waals surface area contributed by atoms with E-state index in [9.17, 15) is 0 Å². The smallest absolute Gasteiger partial charge is 0.0589 e. The lowest BCUT2D eigenvalue weighted by molar-refractivity contribution is 0.0785. The van der Waals surface area contributed by atoms with E-state index < -0.39 is 0 Å². The number of nitrogens with zero attached hydrogens (tertiary/aromatic N) is 1. The largest absolute Gasteiger partial charge is 0.383 e. The number of hydrogen-bond donors (Lipinski definition) is 1. The van der Waals surface area contributed by atoms with Crippen LogP contribution in [0.4, 0.5) is 0 Å². The molecule has 1 saturated carbocycles. The highest BCUT2D eigenvalue weighted by Gasteiger charge is 2.32. The van der Waals surface area contributed by atoms with Crippen molar-refractivity contribution in [2.24, 2.45) is 11.1 Å². The molecule has 3 nitrogen and oxygen atoms in total. The van der Waals surface area contributed by atoms with Gasteiger partial charge < -0.3 is 10.5 Å². The maximum Gasteiger partial charge on any atom is 0.0589 e. The molecule has 1 aliphatic rings. The van der Waals surface area contributed by atoms with Crippen molar-refractivity contribution < 1.29 is 4.74 Å². The van der Waals surface area contributed by atoms with Crippen molar-refractivity contribution >= 4 is 0 Å². The molecule has 0 radical (unpaired) electrons. The van der Waals surface area contributed by atoms with Crippen LogP contribution in [-0.2, 0) is 4.74 Å². The number of methoxy groups -OCH3 is 1. The van der Waals surface area contributed by atoms with Crippen molar-refractivity contribution in [3.8, 4) is 0 Å². The molecule has 18 heavy (non-hydrogen) atoms. The van der Waals surface area contributed by atoms with E-state index in [0.29, 0.717) is 11.5 Å². The standard InChI is InChI=1S/C15H32N2O/c1-14(2)17(10-11-18-3)13-15(12-16)8-6-4-5-7-9-15/h14H,4-13,16H2,1-3H3. The first-order valence-corrected chi connectivity index (χ1v) is 7.56. The van der Waals surface area contributed by atoms with E-state index in [4.69, 9.17) is 10.5 Å². The summed E-state index contributed by atoms with van der Waals surface area (Å²) in [5.41, 5.74) is 6.48. The van der Waals surface area contributed by atoms with Gasteiger partial charge in [0, 0.05) is 26.2 Å². The van der Waals surface area contributed by atoms with E-state index in [-0.39, 0.29) is 0 Å². The fourth-order valence-electron chi connectivity index (χ4n) is 3.06. The van der Waals surface area contributed by atoms with Gasteiger partial charge in [-0.25, -0.2) is 0 Å². The summed E-state index contributed by atoms with van der Waals surface area (Å²) in [5.74, 6) is 0. The van der Waals surface area contributed by atoms with Gasteiger partial charge >= 0.3 is 0 Å². The fraction of sp³-hybridized carbons (Fsp3) is 1.00. The Morgan fingerprint density at radius 1 is 1.17 bits per heavy atom. The summed E-state index contributed by atoms with van der Waals surface area (Å²) < 4.78 is 5.23. The topological polar surface area (TPSA) is 38.5 Å². The lowest BCUT2D eigenvalue weighted by atomic mass is 9.79. The molecule has 1 aliphatic carbocycles. The fourth-order valence-corrected chi connectivity index (χ4v) is 3.06. The molecule has 0 aromatic heterocycles. The first kappa shape index (κ1) is 15.9. The zero-order valence-corrected chi connectivity index (χ0v) is 12.6. The van der Waals surface area contributed by atoms with Crippen molar-refractivity contribution in [3.05, 3.63) is 0 Å². The summed E-state index contributed by atoms with van der Waals surface area (Å²) in [4.78, 5) is 2.54. The lowest BCUT2D eigenvalue weighted by Gasteiger charge is -2.39. The summed E-state index contributed by atoms with van der Waals surface area (Å²) in [6, 6.07) is 0.576. The van der Waals surface area contributed by atoms with E-state index in [1.165, 1.54) is 38.5 Å². The van der Waals surface area contributed by atoms with Crippen LogP contribution >= 0.6 is 0 Å². The van der Waals surface area contributed by atoms with Crippen molar-refractivity contribution in [2.45, 2.75) is 58.4 Å². The van der Waals surface area contributed by atoms with Crippen LogP contribution in [0.25, 0.3) is 0 Å². The molecule has 2 N–H and O–H groups in total. The van der Waals surface area contributed by atoms with Gasteiger partial charge in [-0.1, -0.05) is 25.7 Å². The lowest BCUT2D eigenvalue weighted by Crippen LogP contribution is -2.46. The molecule has 1 fully saturated rings. The number of nitrogens with two attached hydrogens (primary N) is 1. The van der Waals surface area contributed by atoms with Gasteiger partial charge in [0.15, 0.2) is 0 Å². The predicted octanol–water partition coefficient (Wildman–Crippen LogP) is 2.64. The molecule has 0 aromatic rings. The molecule has 1 rings (SSSR count). The van der Waals surface area contributed by atoms with Crippen LogP contribution in [0, 0.1) is 5.41 Å². The molecule has 0 unspecified atom stereocenters. The number of hydrogen-bond acceptors (Lipinski definition) is 3. The monoisotopic (exact) mass is 256 g/mol. The maximum absolute atomic E-state index is 6.13. The molecule has 0 spiro atoms. The van der Waals surface area contributed by atoms with Crippen molar-refractivity contribution in [2.75, 3.05) is 33.4 Å². The summed E-state index contributed by atoms with van der Waals surface area (Å²) in [6.45, 7) is 8.37. The Morgan fingerprint density at radius 2 is 1.78 bits per heavy atom. The van der Waals surface area contributed by atoms with E-state index in [1.807, 2.05) is 0 Å². The van der Waals surface area contributed by atoms with Crippen LogP contribution in [0.1, 0.15) is 52.4 Å². The first-order chi connectivity index (χ1) is 8.63. The average Bonchev–Trinajstić information content (AvgIpc) is 2.60. The molecule has 3 heteroatoms. The van der Waals surface area contributed by atoms with Crippen molar-refractivity contribution in [1.82, 2.24) is 4.90 Å². The predicted molar refractivity (Wildman–Crippen MR) is 77.8 cm³/mol. The molecule has 0 atom stereocenters. The summed E-state index contributed by atoms with van der Waals surface area (Å²) in [5, 5.41) is 0. The van der Waals surface area contributed by atoms with Crippen molar-refractivity contribution in [3.63, 3.8) is 0 Å². The second-order valence-corrected chi connectivity index (χ2v) is 6.18. The van der Waals surface area contributed by atoms with Gasteiger partial charge in [-0.15, -0.1) is 0 Å². The normalized spacial score (nSPS) is 20.3. The zero-order valence-electron chi connectivity index (χ0n) is 12.6. The van der Waals surface area contributed by atoms with Gasteiger partial charge in [-0.05, 0) is 38.6 Å². The van der Waals surface area contributed by atoms with Crippen LogP contribution in [0.15, 0.2) is 0 Å². The highest BCUT2D eigenvalue weighted by molar-refractivity contribution is 4.86. The van der Waals surface area contributed by atoms with Crippen LogP contribution in [0.2, 0.25) is 0 Å². The Labute approximate surface area is 113 Å². The molecular formula is C15H32N2O. The number of rotatable bonds is 7. The first-order valence-electron chi connectivity index (χ1n) is 7.56. The molecular weight excluding hydrogens is 224 g/mol. The summed E-state index contributed by atoms with van der Waals surface area (Å²) >= 11 is 0. The van der Waals surface area contributed by atoms with Gasteiger partial charge in [0.05, 0.1) is 6.61 Å². The Bertz CT molecular complexity index is 211. The molecule has 0 aliphatic heterocycles. The third-order valence-corrected chi connectivity index (χ3v) is 4.45. The Morgan fingerprint density at radius 3 is 2.22 bits per heavy atom. The SMILES string of the molecule is COCCN(CC1(CN)CCCCCC1)C(C)C. The molecule has 0 saturated heterocycles. The van der Waals surface area contributed by atoms with Gasteiger partial charge in [0.2, 0.25) is 0 Å².